The average molecular weight is 470 g/mol. The third-order valence-electron chi connectivity index (χ3n) is 5.63. The lowest BCUT2D eigenvalue weighted by molar-refractivity contribution is 0.388. The van der Waals surface area contributed by atoms with Gasteiger partial charge in [-0.25, -0.2) is 9.78 Å². The number of para-hydroxylation sites is 1. The van der Waals surface area contributed by atoms with Gasteiger partial charge in [0.2, 0.25) is 5.88 Å². The predicted molar refractivity (Wildman–Crippen MR) is 129 cm³/mol. The molecule has 8 heteroatoms. The van der Waals surface area contributed by atoms with Gasteiger partial charge < -0.3 is 19.6 Å². The summed E-state index contributed by atoms with van der Waals surface area (Å²) >= 11 is 1.56. The molecular weight excluding hydrogens is 450 g/mol. The van der Waals surface area contributed by atoms with Gasteiger partial charge in [-0.2, -0.15) is 5.26 Å². The van der Waals surface area contributed by atoms with Crippen LogP contribution in [0, 0.1) is 11.3 Å². The molecule has 1 atom stereocenters. The Hall–Kier alpha value is -4.22. The minimum Gasteiger partial charge on any atom is -0.496 e. The molecule has 0 spiro atoms. The van der Waals surface area contributed by atoms with Crippen molar-refractivity contribution in [2.45, 2.75) is 16.7 Å². The summed E-state index contributed by atoms with van der Waals surface area (Å²) in [5.41, 5.74) is 8.00. The summed E-state index contributed by atoms with van der Waals surface area (Å²) in [4.78, 5) is 17.4. The van der Waals surface area contributed by atoms with Crippen LogP contribution in [0.2, 0.25) is 0 Å². The number of hydrogen-bond donors (Lipinski definition) is 1. The van der Waals surface area contributed by atoms with Gasteiger partial charge >= 0.3 is 5.63 Å². The Morgan fingerprint density at radius 2 is 2.00 bits per heavy atom. The second kappa shape index (κ2) is 8.96. The summed E-state index contributed by atoms with van der Waals surface area (Å²) in [5, 5.41) is 11.4. The van der Waals surface area contributed by atoms with Crippen LogP contribution in [-0.2, 0) is 5.75 Å². The van der Waals surface area contributed by atoms with E-state index in [0.29, 0.717) is 33.8 Å². The number of nitriles is 1. The number of ether oxygens (including phenoxy) is 2. The van der Waals surface area contributed by atoms with Gasteiger partial charge in [-0.1, -0.05) is 30.3 Å². The van der Waals surface area contributed by atoms with Gasteiger partial charge in [0.25, 0.3) is 0 Å². The number of allylic oxidation sites excluding steroid dienone is 1. The first-order valence-corrected chi connectivity index (χ1v) is 11.4. The molecule has 168 valence electrons. The Balaban J connectivity index is 1.65. The standard InChI is InChI=1S/C26H19N3O4S/c1-31-19-10-9-15(12-16(19)14-34-21-8-4-5-11-29-21)22-18(13-27)25(28)33-24-17-6-2-3-7-20(17)32-26(30)23(22)24/h2-12,22H,14,28H2,1H3. The highest BCUT2D eigenvalue weighted by Crippen LogP contribution is 2.44. The number of nitrogens with zero attached hydrogens (tertiary/aromatic N) is 2. The van der Waals surface area contributed by atoms with Crippen molar-refractivity contribution in [1.29, 1.82) is 5.26 Å². The van der Waals surface area contributed by atoms with E-state index in [9.17, 15) is 10.1 Å². The van der Waals surface area contributed by atoms with Crippen LogP contribution in [-0.4, -0.2) is 12.1 Å². The number of benzene rings is 2. The first-order valence-electron chi connectivity index (χ1n) is 10.4. The van der Waals surface area contributed by atoms with Crippen molar-refractivity contribution in [2.24, 2.45) is 5.73 Å². The van der Waals surface area contributed by atoms with Crippen LogP contribution in [0.4, 0.5) is 0 Å². The predicted octanol–water partition coefficient (Wildman–Crippen LogP) is 4.71. The van der Waals surface area contributed by atoms with Gasteiger partial charge in [0.1, 0.15) is 23.0 Å². The quantitative estimate of drug-likeness (QED) is 0.330. The number of hydrogen-bond acceptors (Lipinski definition) is 8. The normalized spacial score (nSPS) is 14.9. The Bertz CT molecular complexity index is 1520. The van der Waals surface area contributed by atoms with Crippen LogP contribution in [0.3, 0.4) is 0 Å². The highest BCUT2D eigenvalue weighted by Gasteiger charge is 2.35. The number of pyridine rings is 1. The van der Waals surface area contributed by atoms with E-state index < -0.39 is 11.5 Å². The highest BCUT2D eigenvalue weighted by molar-refractivity contribution is 7.98. The zero-order valence-corrected chi connectivity index (χ0v) is 19.0. The zero-order chi connectivity index (χ0) is 23.7. The highest BCUT2D eigenvalue weighted by atomic mass is 32.2. The smallest absolute Gasteiger partial charge is 0.344 e. The van der Waals surface area contributed by atoms with Crippen molar-refractivity contribution >= 4 is 22.7 Å². The van der Waals surface area contributed by atoms with Crippen molar-refractivity contribution < 1.29 is 13.9 Å². The molecule has 5 rings (SSSR count). The Kier molecular flexibility index (Phi) is 5.70. The molecule has 0 saturated carbocycles. The minimum absolute atomic E-state index is 0.0315. The molecule has 1 aliphatic rings. The number of aromatic nitrogens is 1. The van der Waals surface area contributed by atoms with Crippen molar-refractivity contribution in [3.63, 3.8) is 0 Å². The molecule has 2 aromatic carbocycles. The molecular formula is C26H19N3O4S. The van der Waals surface area contributed by atoms with E-state index in [1.54, 1.807) is 43.3 Å². The molecule has 2 aromatic heterocycles. The molecule has 1 unspecified atom stereocenters. The molecule has 2 N–H and O–H groups in total. The first-order chi connectivity index (χ1) is 16.6. The van der Waals surface area contributed by atoms with Gasteiger partial charge in [0.05, 0.1) is 29.0 Å². The zero-order valence-electron chi connectivity index (χ0n) is 18.1. The summed E-state index contributed by atoms with van der Waals surface area (Å²) in [6.07, 6.45) is 1.74. The van der Waals surface area contributed by atoms with Gasteiger partial charge in [0.15, 0.2) is 5.75 Å². The topological polar surface area (TPSA) is 111 Å². The van der Waals surface area contributed by atoms with E-state index >= 15 is 0 Å². The number of rotatable bonds is 5. The largest absolute Gasteiger partial charge is 0.496 e. The van der Waals surface area contributed by atoms with Gasteiger partial charge in [-0.15, -0.1) is 11.8 Å². The fourth-order valence-corrected chi connectivity index (χ4v) is 4.91. The summed E-state index contributed by atoms with van der Waals surface area (Å²) in [6, 6.07) is 20.5. The maximum absolute atomic E-state index is 13.1. The first kappa shape index (κ1) is 21.6. The van der Waals surface area contributed by atoms with Crippen molar-refractivity contribution in [3.8, 4) is 17.6 Å². The van der Waals surface area contributed by atoms with Crippen LogP contribution >= 0.6 is 11.8 Å². The lowest BCUT2D eigenvalue weighted by Crippen LogP contribution is -2.26. The molecule has 0 amide bonds. The molecule has 0 bridgehead atoms. The van der Waals surface area contributed by atoms with Crippen LogP contribution in [0.15, 0.2) is 92.6 Å². The molecule has 4 aromatic rings. The number of methoxy groups -OCH3 is 1. The third kappa shape index (κ3) is 3.76. The second-order valence-electron chi connectivity index (χ2n) is 7.58. The van der Waals surface area contributed by atoms with E-state index in [1.165, 1.54) is 0 Å². The lowest BCUT2D eigenvalue weighted by atomic mass is 9.83. The fraction of sp³-hybridized carbons (Fsp3) is 0.115. The summed E-state index contributed by atoms with van der Waals surface area (Å²) in [6.45, 7) is 0. The molecule has 0 aliphatic carbocycles. The summed E-state index contributed by atoms with van der Waals surface area (Å²) in [7, 11) is 1.60. The summed E-state index contributed by atoms with van der Waals surface area (Å²) in [5.74, 6) is 0.821. The van der Waals surface area contributed by atoms with E-state index in [2.05, 4.69) is 11.1 Å². The number of fused-ring (bicyclic) bond motifs is 3. The van der Waals surface area contributed by atoms with Crippen LogP contribution in [0.5, 0.6) is 11.5 Å². The number of thioether (sulfide) groups is 1. The summed E-state index contributed by atoms with van der Waals surface area (Å²) < 4.78 is 16.9. The Morgan fingerprint density at radius 3 is 2.76 bits per heavy atom. The Labute approximate surface area is 199 Å². The molecule has 0 saturated heterocycles. The van der Waals surface area contributed by atoms with Crippen LogP contribution in [0.25, 0.3) is 11.0 Å². The molecule has 34 heavy (non-hydrogen) atoms. The van der Waals surface area contributed by atoms with Crippen LogP contribution in [0.1, 0.15) is 22.6 Å². The molecule has 7 nitrogen and oxygen atoms in total. The van der Waals surface area contributed by atoms with Crippen molar-refractivity contribution in [2.75, 3.05) is 7.11 Å². The molecule has 0 fully saturated rings. The molecule has 3 heterocycles. The van der Waals surface area contributed by atoms with E-state index in [4.69, 9.17) is 19.6 Å². The molecule has 1 aliphatic heterocycles. The van der Waals surface area contributed by atoms with Crippen molar-refractivity contribution in [3.05, 3.63) is 105 Å². The lowest BCUT2D eigenvalue weighted by Gasteiger charge is -2.26. The van der Waals surface area contributed by atoms with Gasteiger partial charge in [0, 0.05) is 17.5 Å². The van der Waals surface area contributed by atoms with E-state index in [1.807, 2.05) is 42.5 Å². The van der Waals surface area contributed by atoms with Crippen molar-refractivity contribution in [1.82, 2.24) is 4.98 Å². The third-order valence-corrected chi connectivity index (χ3v) is 6.62. The molecule has 0 radical (unpaired) electrons. The number of nitrogens with two attached hydrogens (primary N) is 1. The maximum atomic E-state index is 13.1. The monoisotopic (exact) mass is 469 g/mol. The fourth-order valence-electron chi connectivity index (χ4n) is 4.07. The second-order valence-corrected chi connectivity index (χ2v) is 8.58. The van der Waals surface area contributed by atoms with E-state index in [0.717, 1.165) is 10.6 Å². The maximum Gasteiger partial charge on any atom is 0.344 e. The van der Waals surface area contributed by atoms with Gasteiger partial charge in [-0.3, -0.25) is 0 Å². The minimum atomic E-state index is -0.737. The van der Waals surface area contributed by atoms with Crippen LogP contribution < -0.4 is 20.8 Å². The van der Waals surface area contributed by atoms with Gasteiger partial charge in [-0.05, 0) is 35.9 Å². The SMILES string of the molecule is COc1ccc(C2C(C#N)=C(N)Oc3c2c(=O)oc2ccccc32)cc1CSc1ccccn1. The van der Waals surface area contributed by atoms with E-state index in [-0.39, 0.29) is 17.0 Å². The Morgan fingerprint density at radius 1 is 1.18 bits per heavy atom. The average Bonchev–Trinajstić information content (AvgIpc) is 2.87.